The molecule has 3 heteroatoms. The molecule has 0 amide bonds. The van der Waals surface area contributed by atoms with Crippen molar-refractivity contribution in [2.24, 2.45) is 0 Å². The van der Waals surface area contributed by atoms with Crippen LogP contribution in [0, 0.1) is 0 Å². The van der Waals surface area contributed by atoms with Gasteiger partial charge < -0.3 is 14.8 Å². The Kier molecular flexibility index (Phi) is 2.88. The third kappa shape index (κ3) is 1.78. The molecule has 0 radical (unpaired) electrons. The Morgan fingerprint density at radius 2 is 2.06 bits per heavy atom. The second-order valence-electron chi connectivity index (χ2n) is 4.33. The van der Waals surface area contributed by atoms with Crippen molar-refractivity contribution < 1.29 is 10.2 Å². The van der Waals surface area contributed by atoms with Crippen LogP contribution in [0.3, 0.4) is 0 Å². The van der Waals surface area contributed by atoms with Crippen molar-refractivity contribution in [1.29, 1.82) is 0 Å². The maximum atomic E-state index is 9.51. The molecular formula is C13H17NO2. The fraction of sp³-hybridized carbons (Fsp3) is 0.385. The molecule has 1 aromatic carbocycles. The van der Waals surface area contributed by atoms with Crippen LogP contribution in [-0.2, 0) is 6.42 Å². The lowest BCUT2D eigenvalue weighted by atomic mass is 10.1. The minimum absolute atomic E-state index is 0.151. The molecule has 2 aromatic rings. The van der Waals surface area contributed by atoms with Crippen molar-refractivity contribution in [3.63, 3.8) is 0 Å². The first-order valence-electron chi connectivity index (χ1n) is 5.56. The van der Waals surface area contributed by atoms with E-state index in [9.17, 15) is 5.11 Å². The minimum atomic E-state index is 0.151. The monoisotopic (exact) mass is 219 g/mol. The molecule has 2 N–H and O–H groups in total. The Morgan fingerprint density at radius 1 is 1.31 bits per heavy atom. The van der Waals surface area contributed by atoms with Crippen LogP contribution in [0.4, 0.5) is 0 Å². The molecule has 0 unspecified atom stereocenters. The number of aliphatic hydroxyl groups is 1. The SMILES string of the molecule is CC(C)n1cc(CCO)c2ccc(O)cc21. The molecule has 1 heterocycles. The van der Waals surface area contributed by atoms with Gasteiger partial charge in [-0.2, -0.15) is 0 Å². The summed E-state index contributed by atoms with van der Waals surface area (Å²) in [6.45, 7) is 4.36. The third-order valence-electron chi connectivity index (χ3n) is 2.84. The molecule has 0 saturated carbocycles. The molecule has 86 valence electrons. The Balaban J connectivity index is 2.66. The number of hydrogen-bond acceptors (Lipinski definition) is 2. The van der Waals surface area contributed by atoms with Crippen LogP contribution in [0.25, 0.3) is 10.9 Å². The van der Waals surface area contributed by atoms with Gasteiger partial charge in [0, 0.05) is 30.3 Å². The van der Waals surface area contributed by atoms with Crippen molar-refractivity contribution in [3.05, 3.63) is 30.0 Å². The van der Waals surface area contributed by atoms with Gasteiger partial charge in [0.05, 0.1) is 5.52 Å². The fourth-order valence-corrected chi connectivity index (χ4v) is 2.06. The number of aromatic hydroxyl groups is 1. The number of phenolic OH excluding ortho intramolecular Hbond substituents is 1. The predicted octanol–water partition coefficient (Wildman–Crippen LogP) is 2.46. The van der Waals surface area contributed by atoms with E-state index >= 15 is 0 Å². The fourth-order valence-electron chi connectivity index (χ4n) is 2.06. The summed E-state index contributed by atoms with van der Waals surface area (Å²) in [6, 6.07) is 5.72. The van der Waals surface area contributed by atoms with Gasteiger partial charge in [0.25, 0.3) is 0 Å². The molecule has 0 spiro atoms. The normalized spacial score (nSPS) is 11.5. The van der Waals surface area contributed by atoms with E-state index < -0.39 is 0 Å². The van der Waals surface area contributed by atoms with Gasteiger partial charge in [0.1, 0.15) is 5.75 Å². The summed E-state index contributed by atoms with van der Waals surface area (Å²) in [5.74, 6) is 0.281. The van der Waals surface area contributed by atoms with E-state index in [1.165, 1.54) is 0 Å². The highest BCUT2D eigenvalue weighted by Gasteiger charge is 2.10. The first-order chi connectivity index (χ1) is 7.63. The molecule has 2 rings (SSSR count). The Labute approximate surface area is 94.9 Å². The number of aliphatic hydroxyl groups excluding tert-OH is 1. The van der Waals surface area contributed by atoms with Crippen LogP contribution >= 0.6 is 0 Å². The molecule has 0 aliphatic heterocycles. The number of nitrogens with zero attached hydrogens (tertiary/aromatic N) is 1. The molecular weight excluding hydrogens is 202 g/mol. The smallest absolute Gasteiger partial charge is 0.117 e. The number of aromatic nitrogens is 1. The molecule has 0 aliphatic rings. The number of benzene rings is 1. The minimum Gasteiger partial charge on any atom is -0.508 e. The van der Waals surface area contributed by atoms with E-state index in [1.54, 1.807) is 12.1 Å². The van der Waals surface area contributed by atoms with Gasteiger partial charge in [-0.15, -0.1) is 0 Å². The molecule has 0 aliphatic carbocycles. The summed E-state index contributed by atoms with van der Waals surface area (Å²) in [6.07, 6.45) is 2.71. The highest BCUT2D eigenvalue weighted by Crippen LogP contribution is 2.28. The van der Waals surface area contributed by atoms with Crippen molar-refractivity contribution in [3.8, 4) is 5.75 Å². The van der Waals surface area contributed by atoms with E-state index in [2.05, 4.69) is 24.6 Å². The van der Waals surface area contributed by atoms with Crippen molar-refractivity contribution in [2.45, 2.75) is 26.3 Å². The molecule has 0 fully saturated rings. The van der Waals surface area contributed by atoms with Crippen molar-refractivity contribution >= 4 is 10.9 Å². The average Bonchev–Trinajstić information content (AvgIpc) is 2.57. The van der Waals surface area contributed by atoms with Gasteiger partial charge in [-0.25, -0.2) is 0 Å². The number of hydrogen-bond donors (Lipinski definition) is 2. The number of phenols is 1. The molecule has 0 atom stereocenters. The number of rotatable bonds is 3. The molecule has 0 bridgehead atoms. The molecule has 0 saturated heterocycles. The van der Waals surface area contributed by atoms with E-state index in [0.29, 0.717) is 12.5 Å². The van der Waals surface area contributed by atoms with E-state index in [-0.39, 0.29) is 12.4 Å². The molecule has 3 nitrogen and oxygen atoms in total. The van der Waals surface area contributed by atoms with Crippen LogP contribution in [0.2, 0.25) is 0 Å². The first-order valence-corrected chi connectivity index (χ1v) is 5.56. The lowest BCUT2D eigenvalue weighted by Crippen LogP contribution is -1.98. The average molecular weight is 219 g/mol. The van der Waals surface area contributed by atoms with Crippen LogP contribution in [0.15, 0.2) is 24.4 Å². The van der Waals surface area contributed by atoms with Crippen LogP contribution in [-0.4, -0.2) is 21.4 Å². The lowest BCUT2D eigenvalue weighted by molar-refractivity contribution is 0.300. The van der Waals surface area contributed by atoms with Gasteiger partial charge in [0.15, 0.2) is 0 Å². The highest BCUT2D eigenvalue weighted by atomic mass is 16.3. The van der Waals surface area contributed by atoms with Crippen molar-refractivity contribution in [1.82, 2.24) is 4.57 Å². The first kappa shape index (κ1) is 11.0. The summed E-state index contributed by atoms with van der Waals surface area (Å²) in [4.78, 5) is 0. The zero-order valence-corrected chi connectivity index (χ0v) is 9.64. The summed E-state index contributed by atoms with van der Waals surface area (Å²) in [5.41, 5.74) is 2.16. The summed E-state index contributed by atoms with van der Waals surface area (Å²) < 4.78 is 2.13. The Bertz CT molecular complexity index is 500. The zero-order chi connectivity index (χ0) is 11.7. The lowest BCUT2D eigenvalue weighted by Gasteiger charge is -2.08. The standard InChI is InChI=1S/C13H17NO2/c1-9(2)14-8-10(5-6-15)12-4-3-11(16)7-13(12)14/h3-4,7-9,15-16H,5-6H2,1-2H3. The van der Waals surface area contributed by atoms with Crippen molar-refractivity contribution in [2.75, 3.05) is 6.61 Å². The summed E-state index contributed by atoms with van der Waals surface area (Å²) >= 11 is 0. The maximum Gasteiger partial charge on any atom is 0.117 e. The second-order valence-corrected chi connectivity index (χ2v) is 4.33. The topological polar surface area (TPSA) is 45.4 Å². The molecule has 1 aromatic heterocycles. The second kappa shape index (κ2) is 4.18. The van der Waals surface area contributed by atoms with Gasteiger partial charge in [-0.1, -0.05) is 0 Å². The molecule has 16 heavy (non-hydrogen) atoms. The number of fused-ring (bicyclic) bond motifs is 1. The summed E-state index contributed by atoms with van der Waals surface area (Å²) in [5, 5.41) is 19.6. The van der Waals surface area contributed by atoms with E-state index in [4.69, 9.17) is 5.11 Å². The van der Waals surface area contributed by atoms with Crippen LogP contribution in [0.5, 0.6) is 5.75 Å². The van der Waals surface area contributed by atoms with Gasteiger partial charge in [-0.05, 0) is 38.0 Å². The predicted molar refractivity (Wildman–Crippen MR) is 64.8 cm³/mol. The third-order valence-corrected chi connectivity index (χ3v) is 2.84. The highest BCUT2D eigenvalue weighted by molar-refractivity contribution is 5.85. The Hall–Kier alpha value is -1.48. The Morgan fingerprint density at radius 3 is 2.69 bits per heavy atom. The van der Waals surface area contributed by atoms with E-state index in [1.807, 2.05) is 6.07 Å². The zero-order valence-electron chi connectivity index (χ0n) is 9.64. The van der Waals surface area contributed by atoms with Crippen LogP contribution in [0.1, 0.15) is 25.5 Å². The van der Waals surface area contributed by atoms with Gasteiger partial charge >= 0.3 is 0 Å². The van der Waals surface area contributed by atoms with Gasteiger partial charge in [-0.3, -0.25) is 0 Å². The maximum absolute atomic E-state index is 9.51. The van der Waals surface area contributed by atoms with Gasteiger partial charge in [0.2, 0.25) is 0 Å². The summed E-state index contributed by atoms with van der Waals surface area (Å²) in [7, 11) is 0. The quantitative estimate of drug-likeness (QED) is 0.833. The largest absolute Gasteiger partial charge is 0.508 e. The van der Waals surface area contributed by atoms with Crippen LogP contribution < -0.4 is 0 Å². The van der Waals surface area contributed by atoms with E-state index in [0.717, 1.165) is 16.5 Å².